The second kappa shape index (κ2) is 10.9. The summed E-state index contributed by atoms with van der Waals surface area (Å²) in [5, 5.41) is 13.6. The van der Waals surface area contributed by atoms with E-state index in [4.69, 9.17) is 4.74 Å². The minimum atomic E-state index is -0.887. The molecule has 3 atom stereocenters. The molecule has 3 heterocycles. The van der Waals surface area contributed by atoms with Gasteiger partial charge >= 0.3 is 4.87 Å². The number of para-hydroxylation sites is 2. The first-order valence-corrected chi connectivity index (χ1v) is 14.5. The summed E-state index contributed by atoms with van der Waals surface area (Å²) in [6.45, 7) is 1.57. The van der Waals surface area contributed by atoms with Gasteiger partial charge in [0, 0.05) is 34.2 Å². The Kier molecular flexibility index (Phi) is 7.12. The third kappa shape index (κ3) is 4.86. The summed E-state index contributed by atoms with van der Waals surface area (Å²) < 4.78 is 5.97. The molecule has 212 valence electrons. The number of H-pyrrole nitrogens is 1. The number of ether oxygens (including phenoxy) is 1. The van der Waals surface area contributed by atoms with Gasteiger partial charge in [0.15, 0.2) is 6.61 Å². The van der Waals surface area contributed by atoms with Crippen molar-refractivity contribution in [3.8, 4) is 5.75 Å². The number of carbonyl (C=O) groups is 3. The molecule has 3 amide bonds. The fourth-order valence-corrected chi connectivity index (χ4v) is 7.75. The second-order valence-electron chi connectivity index (χ2n) is 9.72. The van der Waals surface area contributed by atoms with Crippen molar-refractivity contribution in [2.24, 2.45) is 5.92 Å². The van der Waals surface area contributed by atoms with Gasteiger partial charge in [0.2, 0.25) is 11.8 Å². The third-order valence-electron chi connectivity index (χ3n) is 7.17. The minimum Gasteiger partial charge on any atom is -0.483 e. The maximum absolute atomic E-state index is 14.0. The van der Waals surface area contributed by atoms with Crippen LogP contribution in [0.4, 0.5) is 17.1 Å². The molecule has 0 bridgehead atoms. The molecule has 1 saturated heterocycles. The molecule has 2 aliphatic heterocycles. The van der Waals surface area contributed by atoms with Crippen molar-refractivity contribution in [3.63, 3.8) is 0 Å². The lowest BCUT2D eigenvalue weighted by Crippen LogP contribution is -2.32. The normalized spacial score (nSPS) is 19.3. The Morgan fingerprint density at radius 1 is 1.02 bits per heavy atom. The Balaban J connectivity index is 1.34. The molecular weight excluding hydrogens is 580 g/mol. The molecule has 1 fully saturated rings. The number of nitrogens with zero attached hydrogens (tertiary/aromatic N) is 2. The Labute approximate surface area is 246 Å². The van der Waals surface area contributed by atoms with E-state index in [9.17, 15) is 29.3 Å². The molecule has 2 N–H and O–H groups in total. The molecule has 0 unspecified atom stereocenters. The van der Waals surface area contributed by atoms with Crippen molar-refractivity contribution in [2.75, 3.05) is 16.8 Å². The summed E-state index contributed by atoms with van der Waals surface area (Å²) in [6.07, 6.45) is 0. The lowest BCUT2D eigenvalue weighted by atomic mass is 9.82. The highest BCUT2D eigenvalue weighted by atomic mass is 32.2. The smallest absolute Gasteiger partial charge is 0.305 e. The molecular formula is C29H22N4O7S2. The van der Waals surface area contributed by atoms with Crippen LogP contribution >= 0.6 is 23.1 Å². The number of anilines is 2. The number of benzene rings is 3. The number of non-ortho nitro benzene ring substituents is 1. The summed E-state index contributed by atoms with van der Waals surface area (Å²) in [4.78, 5) is 67.4. The van der Waals surface area contributed by atoms with E-state index in [1.54, 1.807) is 30.3 Å². The maximum atomic E-state index is 14.0. The molecule has 2 aliphatic rings. The molecule has 11 nitrogen and oxygen atoms in total. The number of hydrogen-bond donors (Lipinski definition) is 2. The number of aromatic amines is 1. The number of thioether (sulfide) groups is 1. The van der Waals surface area contributed by atoms with Gasteiger partial charge in [-0.3, -0.25) is 29.3 Å². The zero-order valence-corrected chi connectivity index (χ0v) is 23.6. The lowest BCUT2D eigenvalue weighted by molar-refractivity contribution is -0.384. The number of aryl methyl sites for hydroxylation is 1. The SMILES string of the molecule is Cc1ccccc1NC(=O)COc1ccccc1[C@@H]1c2sc(=O)[nH]c2S[C@H]2C(=O)N(c3ccc([N+](=O)[O-])cc3)C(=O)[C@@H]12. The van der Waals surface area contributed by atoms with Gasteiger partial charge in [0.1, 0.15) is 11.0 Å². The predicted octanol–water partition coefficient (Wildman–Crippen LogP) is 4.47. The van der Waals surface area contributed by atoms with E-state index in [1.165, 1.54) is 24.3 Å². The van der Waals surface area contributed by atoms with Gasteiger partial charge in [0.25, 0.3) is 11.6 Å². The van der Waals surface area contributed by atoms with Crippen molar-refractivity contribution < 1.29 is 24.0 Å². The number of nitro groups is 1. The van der Waals surface area contributed by atoms with Crippen molar-refractivity contribution in [1.29, 1.82) is 0 Å². The van der Waals surface area contributed by atoms with Crippen molar-refractivity contribution >= 4 is 57.9 Å². The van der Waals surface area contributed by atoms with Gasteiger partial charge in [0.05, 0.1) is 21.6 Å². The summed E-state index contributed by atoms with van der Waals surface area (Å²) in [7, 11) is 0. The van der Waals surface area contributed by atoms with Crippen molar-refractivity contribution in [2.45, 2.75) is 23.1 Å². The van der Waals surface area contributed by atoms with Crippen LogP contribution in [0, 0.1) is 23.0 Å². The van der Waals surface area contributed by atoms with E-state index in [0.29, 0.717) is 26.9 Å². The molecule has 3 aromatic carbocycles. The average Bonchev–Trinajstić information content (AvgIpc) is 3.47. The van der Waals surface area contributed by atoms with Gasteiger partial charge < -0.3 is 15.0 Å². The van der Waals surface area contributed by atoms with E-state index in [-0.39, 0.29) is 28.8 Å². The number of carbonyl (C=O) groups excluding carboxylic acids is 3. The highest BCUT2D eigenvalue weighted by Crippen LogP contribution is 2.54. The van der Waals surface area contributed by atoms with Crippen LogP contribution < -0.4 is 19.8 Å². The van der Waals surface area contributed by atoms with Gasteiger partial charge in [-0.15, -0.1) is 0 Å². The quantitative estimate of drug-likeness (QED) is 0.179. The molecule has 0 aliphatic carbocycles. The van der Waals surface area contributed by atoms with Crippen LogP contribution in [0.15, 0.2) is 82.6 Å². The van der Waals surface area contributed by atoms with E-state index >= 15 is 0 Å². The number of rotatable bonds is 7. The summed E-state index contributed by atoms with van der Waals surface area (Å²) in [5.41, 5.74) is 2.17. The van der Waals surface area contributed by atoms with Crippen LogP contribution in [0.25, 0.3) is 0 Å². The molecule has 0 spiro atoms. The maximum Gasteiger partial charge on any atom is 0.305 e. The Hall–Kier alpha value is -4.75. The molecule has 0 radical (unpaired) electrons. The predicted molar refractivity (Wildman–Crippen MR) is 157 cm³/mol. The molecule has 4 aromatic rings. The van der Waals surface area contributed by atoms with Gasteiger partial charge in [-0.1, -0.05) is 59.5 Å². The van der Waals surface area contributed by atoms with E-state index in [0.717, 1.165) is 33.6 Å². The largest absolute Gasteiger partial charge is 0.483 e. The van der Waals surface area contributed by atoms with E-state index < -0.39 is 33.8 Å². The summed E-state index contributed by atoms with van der Waals surface area (Å²) in [6, 6.07) is 19.5. The molecule has 0 saturated carbocycles. The fourth-order valence-electron chi connectivity index (χ4n) is 5.24. The lowest BCUT2D eigenvalue weighted by Gasteiger charge is -2.30. The van der Waals surface area contributed by atoms with E-state index in [2.05, 4.69) is 10.3 Å². The summed E-state index contributed by atoms with van der Waals surface area (Å²) >= 11 is 2.08. The van der Waals surface area contributed by atoms with Crippen LogP contribution in [0.1, 0.15) is 21.9 Å². The van der Waals surface area contributed by atoms with E-state index in [1.807, 2.05) is 25.1 Å². The monoisotopic (exact) mass is 602 g/mol. The number of fused-ring (bicyclic) bond motifs is 2. The highest BCUT2D eigenvalue weighted by Gasteiger charge is 2.56. The first-order chi connectivity index (χ1) is 20.2. The van der Waals surface area contributed by atoms with Gasteiger partial charge in [-0.2, -0.15) is 0 Å². The van der Waals surface area contributed by atoms with Gasteiger partial charge in [-0.25, -0.2) is 4.90 Å². The molecule has 13 heteroatoms. The first-order valence-electron chi connectivity index (χ1n) is 12.8. The van der Waals surface area contributed by atoms with Crippen LogP contribution in [-0.4, -0.2) is 39.5 Å². The molecule has 1 aromatic heterocycles. The number of hydrogen-bond acceptors (Lipinski definition) is 9. The third-order valence-corrected chi connectivity index (χ3v) is 9.58. The fraction of sp³-hybridized carbons (Fsp3) is 0.172. The topological polar surface area (TPSA) is 152 Å². The zero-order valence-electron chi connectivity index (χ0n) is 21.9. The Bertz CT molecular complexity index is 1800. The van der Waals surface area contributed by atoms with Crippen LogP contribution in [0.5, 0.6) is 5.75 Å². The number of aromatic nitrogens is 1. The number of thiazole rings is 1. The number of nitro benzene ring substituents is 1. The first kappa shape index (κ1) is 27.4. The van der Waals surface area contributed by atoms with Crippen LogP contribution in [-0.2, 0) is 14.4 Å². The highest BCUT2D eigenvalue weighted by molar-refractivity contribution is 8.00. The standard InChI is InChI=1S/C29H22N4O7S2/c1-15-6-2-4-8-19(15)30-21(34)14-40-20-9-5-3-7-18(20)22-23-25(41-26-24(22)42-29(37)31-26)28(36)32(27(23)35)16-10-12-17(13-11-16)33(38)39/h2-13,22-23,25H,14H2,1H3,(H,30,34)(H,31,37)/t22-,23-,25+/m0/s1. The van der Waals surface area contributed by atoms with Crippen LogP contribution in [0.3, 0.4) is 0 Å². The van der Waals surface area contributed by atoms with Crippen molar-refractivity contribution in [1.82, 2.24) is 4.98 Å². The molecule has 42 heavy (non-hydrogen) atoms. The summed E-state index contributed by atoms with van der Waals surface area (Å²) in [5.74, 6) is -2.61. The molecule has 6 rings (SSSR count). The number of imide groups is 1. The van der Waals surface area contributed by atoms with Crippen molar-refractivity contribution in [3.05, 3.63) is 109 Å². The second-order valence-corrected chi connectivity index (χ2v) is 11.9. The Morgan fingerprint density at radius 3 is 2.48 bits per heavy atom. The minimum absolute atomic E-state index is 0.167. The zero-order chi connectivity index (χ0) is 29.5. The Morgan fingerprint density at radius 2 is 1.74 bits per heavy atom. The van der Waals surface area contributed by atoms with Gasteiger partial charge in [-0.05, 0) is 36.8 Å². The number of amides is 3. The average molecular weight is 603 g/mol. The number of nitrogens with one attached hydrogen (secondary N) is 2. The van der Waals surface area contributed by atoms with Crippen LogP contribution in [0.2, 0.25) is 0 Å².